The van der Waals surface area contributed by atoms with Crippen LogP contribution in [0.4, 0.5) is 0 Å². The third-order valence-corrected chi connectivity index (χ3v) is 3.95. The molecule has 3 nitrogen and oxygen atoms in total. The molecule has 21 heavy (non-hydrogen) atoms. The topological polar surface area (TPSA) is 42.4 Å². The summed E-state index contributed by atoms with van der Waals surface area (Å²) in [6.07, 6.45) is 2.03. The maximum atomic E-state index is 9.51. The molecule has 0 atom stereocenters. The number of hydrogen-bond acceptors (Lipinski definition) is 4. The second-order valence-corrected chi connectivity index (χ2v) is 5.46. The minimum atomic E-state index is -0.101. The largest absolute Gasteiger partial charge is 0.439 e. The third kappa shape index (κ3) is 3.01. The maximum absolute atomic E-state index is 9.51. The van der Waals surface area contributed by atoms with Crippen LogP contribution in [0.2, 0.25) is 0 Å². The maximum Gasteiger partial charge on any atom is 0.225 e. The second kappa shape index (κ2) is 6.16. The summed E-state index contributed by atoms with van der Waals surface area (Å²) in [5.74, 6) is 1.17. The van der Waals surface area contributed by atoms with Gasteiger partial charge in [-0.05, 0) is 42.7 Å². The summed E-state index contributed by atoms with van der Waals surface area (Å²) in [6, 6.07) is 17.5. The Morgan fingerprint density at radius 1 is 1.10 bits per heavy atom. The van der Waals surface area contributed by atoms with Gasteiger partial charge in [-0.25, -0.2) is 4.98 Å². The average Bonchev–Trinajstić information content (AvgIpc) is 2.55. The van der Waals surface area contributed by atoms with Crippen molar-refractivity contribution in [1.82, 2.24) is 4.98 Å². The normalized spacial score (nSPS) is 10.8. The first-order valence-corrected chi connectivity index (χ1v) is 7.84. The van der Waals surface area contributed by atoms with Crippen molar-refractivity contribution in [3.8, 4) is 11.6 Å². The van der Waals surface area contributed by atoms with Gasteiger partial charge in [0.05, 0.1) is 12.1 Å². The van der Waals surface area contributed by atoms with Gasteiger partial charge in [-0.1, -0.05) is 18.2 Å². The van der Waals surface area contributed by atoms with Crippen molar-refractivity contribution in [3.63, 3.8) is 0 Å². The number of pyridine rings is 1. The Bertz CT molecular complexity index is 756. The van der Waals surface area contributed by atoms with Crippen molar-refractivity contribution in [2.24, 2.45) is 0 Å². The minimum Gasteiger partial charge on any atom is -0.439 e. The van der Waals surface area contributed by atoms with Crippen LogP contribution >= 0.6 is 11.8 Å². The zero-order chi connectivity index (χ0) is 14.7. The lowest BCUT2D eigenvalue weighted by Gasteiger charge is -2.10. The third-order valence-electron chi connectivity index (χ3n) is 3.21. The molecule has 0 fully saturated rings. The number of rotatable bonds is 4. The van der Waals surface area contributed by atoms with E-state index >= 15 is 0 Å². The molecule has 0 aliphatic heterocycles. The first-order chi connectivity index (χ1) is 10.3. The van der Waals surface area contributed by atoms with Crippen molar-refractivity contribution >= 4 is 22.7 Å². The van der Waals surface area contributed by atoms with Gasteiger partial charge in [-0.2, -0.15) is 0 Å². The quantitative estimate of drug-likeness (QED) is 0.731. The van der Waals surface area contributed by atoms with Gasteiger partial charge in [-0.3, -0.25) is 0 Å². The number of nitrogens with zero attached hydrogens (tertiary/aromatic N) is 1. The van der Waals surface area contributed by atoms with Crippen LogP contribution in [0.1, 0.15) is 5.56 Å². The molecule has 0 unspecified atom stereocenters. The van der Waals surface area contributed by atoms with E-state index in [9.17, 15) is 5.11 Å². The van der Waals surface area contributed by atoms with Gasteiger partial charge in [0, 0.05) is 15.8 Å². The molecule has 3 aromatic rings. The van der Waals surface area contributed by atoms with Crippen molar-refractivity contribution in [3.05, 3.63) is 60.2 Å². The zero-order valence-corrected chi connectivity index (χ0v) is 12.4. The van der Waals surface area contributed by atoms with E-state index in [2.05, 4.69) is 4.98 Å². The number of hydrogen-bond donors (Lipinski definition) is 1. The highest BCUT2D eigenvalue weighted by Crippen LogP contribution is 2.28. The van der Waals surface area contributed by atoms with Crippen LogP contribution in [0.5, 0.6) is 11.6 Å². The molecule has 0 saturated heterocycles. The molecule has 1 heterocycles. The van der Waals surface area contributed by atoms with Crippen molar-refractivity contribution in [1.29, 1.82) is 0 Å². The van der Waals surface area contributed by atoms with E-state index in [1.807, 2.05) is 60.9 Å². The summed E-state index contributed by atoms with van der Waals surface area (Å²) >= 11 is 1.68. The number of fused-ring (bicyclic) bond motifs is 1. The van der Waals surface area contributed by atoms with Crippen LogP contribution in [0.3, 0.4) is 0 Å². The van der Waals surface area contributed by atoms with Gasteiger partial charge in [0.1, 0.15) is 5.75 Å². The van der Waals surface area contributed by atoms with E-state index < -0.39 is 0 Å². The van der Waals surface area contributed by atoms with E-state index in [1.54, 1.807) is 11.8 Å². The minimum absolute atomic E-state index is 0.101. The SMILES string of the molecule is CSc1ccc(Oc2nc3ccccc3cc2CO)cc1. The summed E-state index contributed by atoms with van der Waals surface area (Å²) in [4.78, 5) is 5.67. The number of aliphatic hydroxyl groups excluding tert-OH is 1. The van der Waals surface area contributed by atoms with Crippen molar-refractivity contribution in [2.45, 2.75) is 11.5 Å². The molecule has 1 aromatic heterocycles. The summed E-state index contributed by atoms with van der Waals surface area (Å²) in [5.41, 5.74) is 1.54. The molecule has 0 aliphatic rings. The molecule has 0 spiro atoms. The Hall–Kier alpha value is -2.04. The van der Waals surface area contributed by atoms with Crippen molar-refractivity contribution in [2.75, 3.05) is 6.26 Å². The first-order valence-electron chi connectivity index (χ1n) is 6.61. The fourth-order valence-corrected chi connectivity index (χ4v) is 2.51. The molecule has 0 aliphatic carbocycles. The Morgan fingerprint density at radius 2 is 1.86 bits per heavy atom. The highest BCUT2D eigenvalue weighted by Gasteiger charge is 2.08. The van der Waals surface area contributed by atoms with Crippen molar-refractivity contribution < 1.29 is 9.84 Å². The van der Waals surface area contributed by atoms with Gasteiger partial charge in [-0.15, -0.1) is 11.8 Å². The standard InChI is InChI=1S/C17H15NO2S/c1-21-15-8-6-14(7-9-15)20-17-13(11-19)10-12-4-2-3-5-16(12)18-17/h2-10,19H,11H2,1H3. The number of benzene rings is 2. The van der Waals surface area contributed by atoms with Gasteiger partial charge >= 0.3 is 0 Å². The smallest absolute Gasteiger partial charge is 0.225 e. The van der Waals surface area contributed by atoms with E-state index in [1.165, 1.54) is 4.90 Å². The Kier molecular flexibility index (Phi) is 4.08. The fraction of sp³-hybridized carbons (Fsp3) is 0.118. The molecule has 0 bridgehead atoms. The molecule has 0 amide bonds. The highest BCUT2D eigenvalue weighted by molar-refractivity contribution is 7.98. The van der Waals surface area contributed by atoms with Crippen LogP contribution in [-0.4, -0.2) is 16.3 Å². The zero-order valence-electron chi connectivity index (χ0n) is 11.6. The fourth-order valence-electron chi connectivity index (χ4n) is 2.10. The monoisotopic (exact) mass is 297 g/mol. The lowest BCUT2D eigenvalue weighted by atomic mass is 10.1. The van der Waals surface area contributed by atoms with E-state index in [0.29, 0.717) is 17.2 Å². The Labute approximate surface area is 127 Å². The van der Waals surface area contributed by atoms with Crippen LogP contribution in [0.15, 0.2) is 59.5 Å². The number of ether oxygens (including phenoxy) is 1. The van der Waals surface area contributed by atoms with E-state index in [-0.39, 0.29) is 6.61 Å². The van der Waals surface area contributed by atoms with Crippen LogP contribution in [0, 0.1) is 0 Å². The number of para-hydroxylation sites is 1. The molecule has 0 saturated carbocycles. The molecule has 3 rings (SSSR count). The van der Waals surface area contributed by atoms with Crippen LogP contribution in [-0.2, 0) is 6.61 Å². The highest BCUT2D eigenvalue weighted by atomic mass is 32.2. The van der Waals surface area contributed by atoms with Gasteiger partial charge in [0.15, 0.2) is 0 Å². The van der Waals surface area contributed by atoms with Crippen LogP contribution < -0.4 is 4.74 Å². The van der Waals surface area contributed by atoms with Gasteiger partial charge < -0.3 is 9.84 Å². The summed E-state index contributed by atoms with van der Waals surface area (Å²) in [6.45, 7) is -0.101. The Balaban J connectivity index is 1.97. The van der Waals surface area contributed by atoms with E-state index in [0.717, 1.165) is 10.9 Å². The number of aromatic nitrogens is 1. The summed E-state index contributed by atoms with van der Waals surface area (Å²) in [5, 5.41) is 10.5. The molecule has 4 heteroatoms. The average molecular weight is 297 g/mol. The lowest BCUT2D eigenvalue weighted by Crippen LogP contribution is -1.96. The van der Waals surface area contributed by atoms with Gasteiger partial charge in [0.25, 0.3) is 0 Å². The lowest BCUT2D eigenvalue weighted by molar-refractivity contribution is 0.275. The predicted octanol–water partition coefficient (Wildman–Crippen LogP) is 4.24. The summed E-state index contributed by atoms with van der Waals surface area (Å²) < 4.78 is 5.83. The van der Waals surface area contributed by atoms with E-state index in [4.69, 9.17) is 4.74 Å². The molecular formula is C17H15NO2S. The van der Waals surface area contributed by atoms with Crippen LogP contribution in [0.25, 0.3) is 10.9 Å². The predicted molar refractivity (Wildman–Crippen MR) is 86.0 cm³/mol. The molecule has 106 valence electrons. The Morgan fingerprint density at radius 3 is 2.57 bits per heavy atom. The van der Waals surface area contributed by atoms with Gasteiger partial charge in [0.2, 0.25) is 5.88 Å². The first kappa shape index (κ1) is 13.9. The molecule has 0 radical (unpaired) electrons. The number of aliphatic hydroxyl groups is 1. The second-order valence-electron chi connectivity index (χ2n) is 4.58. The summed E-state index contributed by atoms with van der Waals surface area (Å²) in [7, 11) is 0. The number of thioether (sulfide) groups is 1. The molecule has 1 N–H and O–H groups in total. The molecule has 2 aromatic carbocycles. The molecular weight excluding hydrogens is 282 g/mol.